The summed E-state index contributed by atoms with van der Waals surface area (Å²) in [4.78, 5) is 7.94. The second-order valence-corrected chi connectivity index (χ2v) is 9.22. The zero-order valence-corrected chi connectivity index (χ0v) is 20.4. The van der Waals surface area contributed by atoms with Crippen LogP contribution < -0.4 is 4.74 Å². The lowest BCUT2D eigenvalue weighted by Crippen LogP contribution is -2.16. The average Bonchev–Trinajstić information content (AvgIpc) is 3.30. The molecule has 0 radical (unpaired) electrons. The molecule has 1 aromatic carbocycles. The van der Waals surface area contributed by atoms with E-state index >= 15 is 4.39 Å². The van der Waals surface area contributed by atoms with Gasteiger partial charge in [0.05, 0.1) is 29.2 Å². The van der Waals surface area contributed by atoms with Gasteiger partial charge in [0.25, 0.3) is 0 Å². The van der Waals surface area contributed by atoms with Crippen molar-refractivity contribution in [3.63, 3.8) is 0 Å². The fourth-order valence-electron chi connectivity index (χ4n) is 4.58. The van der Waals surface area contributed by atoms with Crippen molar-refractivity contribution in [2.24, 2.45) is 5.92 Å². The number of H-pyrrole nitrogens is 1. The maximum Gasteiger partial charge on any atom is 0.151 e. The molecule has 192 valence electrons. The first-order valence-electron chi connectivity index (χ1n) is 12.3. The van der Waals surface area contributed by atoms with Gasteiger partial charge < -0.3 is 9.47 Å². The minimum absolute atomic E-state index is 0.211. The number of nitrogens with zero attached hydrogens (tertiary/aromatic N) is 3. The Morgan fingerprint density at radius 2 is 1.92 bits per heavy atom. The number of hydrogen-bond donors (Lipinski definition) is 1. The number of pyridine rings is 2. The topological polar surface area (TPSA) is 72.9 Å². The summed E-state index contributed by atoms with van der Waals surface area (Å²) in [6, 6.07) is 8.58. The number of aromatic amines is 1. The van der Waals surface area contributed by atoms with Crippen LogP contribution in [0.5, 0.6) is 5.75 Å². The molecular formula is C28H27F3N4O2. The molecule has 1 atom stereocenters. The van der Waals surface area contributed by atoms with Crippen LogP contribution in [0.2, 0.25) is 0 Å². The Morgan fingerprint density at radius 3 is 2.65 bits per heavy atom. The predicted octanol–water partition coefficient (Wildman–Crippen LogP) is 6.60. The fraction of sp³-hybridized carbons (Fsp3) is 0.321. The molecule has 1 saturated heterocycles. The highest BCUT2D eigenvalue weighted by Gasteiger charge is 2.19. The highest BCUT2D eigenvalue weighted by atomic mass is 19.1. The maximum absolute atomic E-state index is 15.1. The molecule has 0 bridgehead atoms. The number of ether oxygens (including phenoxy) is 2. The van der Waals surface area contributed by atoms with Crippen LogP contribution in [0.15, 0.2) is 48.9 Å². The van der Waals surface area contributed by atoms with Gasteiger partial charge in [0.2, 0.25) is 0 Å². The summed E-state index contributed by atoms with van der Waals surface area (Å²) in [5.74, 6) is -1.02. The van der Waals surface area contributed by atoms with Gasteiger partial charge in [-0.25, -0.2) is 13.2 Å². The van der Waals surface area contributed by atoms with Crippen LogP contribution in [0, 0.1) is 17.6 Å². The van der Waals surface area contributed by atoms with Gasteiger partial charge in [-0.15, -0.1) is 0 Å². The smallest absolute Gasteiger partial charge is 0.151 e. The molecule has 5 rings (SSSR count). The van der Waals surface area contributed by atoms with Crippen molar-refractivity contribution in [2.45, 2.75) is 38.7 Å². The van der Waals surface area contributed by atoms with E-state index in [1.807, 2.05) is 6.07 Å². The SMILES string of the molecule is CC(Oc1ccc2n[nH]c(/C=C(\F)c3ccc(CCC4CCOCC4)nc3)c2c1)c1c(F)cncc1F. The van der Waals surface area contributed by atoms with Gasteiger partial charge in [0.15, 0.2) is 11.6 Å². The summed E-state index contributed by atoms with van der Waals surface area (Å²) in [5, 5.41) is 7.65. The van der Waals surface area contributed by atoms with Crippen LogP contribution in [0.1, 0.15) is 54.8 Å². The first-order chi connectivity index (χ1) is 18.0. The largest absolute Gasteiger partial charge is 0.486 e. The van der Waals surface area contributed by atoms with Crippen LogP contribution in [0.4, 0.5) is 13.2 Å². The molecule has 37 heavy (non-hydrogen) atoms. The molecule has 0 aliphatic carbocycles. The minimum atomic E-state index is -0.904. The van der Waals surface area contributed by atoms with Crippen molar-refractivity contribution >= 4 is 22.8 Å². The third kappa shape index (κ3) is 5.83. The van der Waals surface area contributed by atoms with E-state index in [4.69, 9.17) is 9.47 Å². The second kappa shape index (κ2) is 11.1. The number of rotatable bonds is 8. The molecule has 1 aliphatic heterocycles. The standard InChI is InChI=1S/C28H27F3N4O2/c1-17(28-24(30)15-32-16-25(28)31)37-21-6-7-26-22(12-21)27(35-34-26)13-23(29)19-3-5-20(33-14-19)4-2-18-8-10-36-11-9-18/h3,5-7,12-18H,2,4,8-11H2,1H3,(H,34,35)/b23-13-. The molecule has 0 amide bonds. The van der Waals surface area contributed by atoms with E-state index in [1.165, 1.54) is 12.3 Å². The zero-order chi connectivity index (χ0) is 25.8. The molecule has 0 saturated carbocycles. The number of benzene rings is 1. The lowest BCUT2D eigenvalue weighted by atomic mass is 9.94. The van der Waals surface area contributed by atoms with E-state index in [-0.39, 0.29) is 5.56 Å². The number of aryl methyl sites for hydroxylation is 1. The Bertz CT molecular complexity index is 1380. The molecule has 6 nitrogen and oxygen atoms in total. The number of fused-ring (bicyclic) bond motifs is 1. The van der Waals surface area contributed by atoms with E-state index in [2.05, 4.69) is 20.2 Å². The quantitative estimate of drug-likeness (QED) is 0.290. The molecule has 1 unspecified atom stereocenters. The van der Waals surface area contributed by atoms with E-state index < -0.39 is 23.6 Å². The predicted molar refractivity (Wildman–Crippen MR) is 134 cm³/mol. The van der Waals surface area contributed by atoms with Crippen LogP contribution in [-0.2, 0) is 11.2 Å². The summed E-state index contributed by atoms with van der Waals surface area (Å²) in [5.41, 5.74) is 2.13. The molecule has 3 aromatic heterocycles. The van der Waals surface area contributed by atoms with Gasteiger partial charge in [-0.05, 0) is 68.9 Å². The van der Waals surface area contributed by atoms with Gasteiger partial charge in [-0.2, -0.15) is 5.10 Å². The van der Waals surface area contributed by atoms with Crippen molar-refractivity contribution < 1.29 is 22.6 Å². The second-order valence-electron chi connectivity index (χ2n) is 9.22. The Kier molecular flexibility index (Phi) is 7.50. The third-order valence-corrected chi connectivity index (χ3v) is 6.69. The zero-order valence-electron chi connectivity index (χ0n) is 20.4. The van der Waals surface area contributed by atoms with E-state index in [0.29, 0.717) is 33.8 Å². The Hall–Kier alpha value is -3.72. The lowest BCUT2D eigenvalue weighted by molar-refractivity contribution is 0.0639. The van der Waals surface area contributed by atoms with Crippen molar-refractivity contribution in [3.8, 4) is 5.75 Å². The third-order valence-electron chi connectivity index (χ3n) is 6.69. The van der Waals surface area contributed by atoms with E-state index in [1.54, 1.807) is 31.2 Å². The normalized spacial score (nSPS) is 15.7. The van der Waals surface area contributed by atoms with Gasteiger partial charge in [0.1, 0.15) is 17.7 Å². The van der Waals surface area contributed by atoms with Gasteiger partial charge in [0, 0.05) is 42.1 Å². The first kappa shape index (κ1) is 25.0. The summed E-state index contributed by atoms with van der Waals surface area (Å²) in [6.07, 6.45) is 7.94. The molecule has 4 aromatic rings. The molecule has 4 heterocycles. The average molecular weight is 509 g/mol. The Balaban J connectivity index is 1.30. The van der Waals surface area contributed by atoms with Gasteiger partial charge in [-0.3, -0.25) is 15.1 Å². The van der Waals surface area contributed by atoms with E-state index in [0.717, 1.165) is 57.0 Å². The molecule has 0 spiro atoms. The number of hydrogen-bond acceptors (Lipinski definition) is 5. The molecule has 1 aliphatic rings. The molecular weight excluding hydrogens is 481 g/mol. The molecule has 9 heteroatoms. The molecule has 1 fully saturated rings. The van der Waals surface area contributed by atoms with Gasteiger partial charge >= 0.3 is 0 Å². The van der Waals surface area contributed by atoms with Crippen molar-refractivity contribution in [1.29, 1.82) is 0 Å². The van der Waals surface area contributed by atoms with Crippen molar-refractivity contribution in [2.75, 3.05) is 13.2 Å². The lowest BCUT2D eigenvalue weighted by Gasteiger charge is -2.21. The summed E-state index contributed by atoms with van der Waals surface area (Å²) in [7, 11) is 0. The first-order valence-corrected chi connectivity index (χ1v) is 12.3. The minimum Gasteiger partial charge on any atom is -0.486 e. The summed E-state index contributed by atoms with van der Waals surface area (Å²) in [6.45, 7) is 3.19. The fourth-order valence-corrected chi connectivity index (χ4v) is 4.58. The van der Waals surface area contributed by atoms with Crippen LogP contribution in [0.25, 0.3) is 22.8 Å². The monoisotopic (exact) mass is 508 g/mol. The Morgan fingerprint density at radius 1 is 1.14 bits per heavy atom. The maximum atomic E-state index is 15.1. The number of aromatic nitrogens is 4. The van der Waals surface area contributed by atoms with E-state index in [9.17, 15) is 8.78 Å². The van der Waals surface area contributed by atoms with Crippen LogP contribution >= 0.6 is 0 Å². The van der Waals surface area contributed by atoms with Crippen LogP contribution in [-0.4, -0.2) is 33.4 Å². The summed E-state index contributed by atoms with van der Waals surface area (Å²) < 4.78 is 54.4. The van der Waals surface area contributed by atoms with Crippen molar-refractivity contribution in [1.82, 2.24) is 20.2 Å². The summed E-state index contributed by atoms with van der Waals surface area (Å²) >= 11 is 0. The highest BCUT2D eigenvalue weighted by molar-refractivity contribution is 5.91. The van der Waals surface area contributed by atoms with Crippen LogP contribution in [0.3, 0.4) is 0 Å². The van der Waals surface area contributed by atoms with Crippen molar-refractivity contribution in [3.05, 3.63) is 83.1 Å². The Labute approximate surface area is 212 Å². The number of halogens is 3. The number of nitrogens with one attached hydrogen (secondary N) is 1. The van der Waals surface area contributed by atoms with Gasteiger partial charge in [-0.1, -0.05) is 0 Å². The highest BCUT2D eigenvalue weighted by Crippen LogP contribution is 2.30. The molecule has 1 N–H and O–H groups in total.